The number of nitrogens with one attached hydrogen (secondary N) is 1. The van der Waals surface area contributed by atoms with Crippen LogP contribution in [0.15, 0.2) is 35.2 Å². The van der Waals surface area contributed by atoms with Crippen LogP contribution in [-0.2, 0) is 16.1 Å². The van der Waals surface area contributed by atoms with Gasteiger partial charge in [-0.15, -0.1) is 0 Å². The van der Waals surface area contributed by atoms with Gasteiger partial charge in [-0.2, -0.15) is 8.78 Å². The van der Waals surface area contributed by atoms with Gasteiger partial charge in [-0.05, 0) is 58.0 Å². The number of carbonyl (C=O) groups is 2. The van der Waals surface area contributed by atoms with Gasteiger partial charge in [0.05, 0.1) is 5.56 Å². The van der Waals surface area contributed by atoms with Crippen molar-refractivity contribution in [3.8, 4) is 0 Å². The number of nitrogens with zero attached hydrogens (tertiary/aromatic N) is 1. The highest BCUT2D eigenvalue weighted by Crippen LogP contribution is 2.26. The highest BCUT2D eigenvalue weighted by atomic mass is 32.2. The second-order valence-electron chi connectivity index (χ2n) is 5.97. The van der Waals surface area contributed by atoms with Crippen molar-refractivity contribution in [2.45, 2.75) is 51.0 Å². The van der Waals surface area contributed by atoms with E-state index in [-0.39, 0.29) is 0 Å². The second-order valence-corrected chi connectivity index (χ2v) is 7.03. The molecule has 0 saturated heterocycles. The fourth-order valence-corrected chi connectivity index (χ4v) is 3.23. The summed E-state index contributed by atoms with van der Waals surface area (Å²) in [7, 11) is 0. The van der Waals surface area contributed by atoms with Crippen LogP contribution in [-0.4, -0.2) is 28.3 Å². The molecule has 1 aromatic carbocycles. The van der Waals surface area contributed by atoms with Crippen molar-refractivity contribution in [1.82, 2.24) is 4.57 Å². The number of esters is 1. The van der Waals surface area contributed by atoms with Crippen molar-refractivity contribution in [3.05, 3.63) is 47.3 Å². The monoisotopic (exact) mass is 396 g/mol. The zero-order valence-corrected chi connectivity index (χ0v) is 16.4. The van der Waals surface area contributed by atoms with Gasteiger partial charge in [-0.1, -0.05) is 11.8 Å². The quantitative estimate of drug-likeness (QED) is 0.548. The molecular weight excluding hydrogens is 374 g/mol. The number of hydrogen-bond acceptors (Lipinski definition) is 4. The molecule has 1 amide bonds. The lowest BCUT2D eigenvalue weighted by Gasteiger charge is -2.14. The fourth-order valence-electron chi connectivity index (χ4n) is 2.74. The van der Waals surface area contributed by atoms with Gasteiger partial charge < -0.3 is 14.6 Å². The molecule has 1 heterocycles. The molecule has 0 fully saturated rings. The van der Waals surface area contributed by atoms with E-state index in [0.29, 0.717) is 27.9 Å². The molecule has 1 atom stereocenters. The number of alkyl halides is 2. The Morgan fingerprint density at radius 2 is 1.85 bits per heavy atom. The first-order valence-electron chi connectivity index (χ1n) is 8.46. The molecule has 2 rings (SSSR count). The third-order valence-corrected chi connectivity index (χ3v) is 4.83. The van der Waals surface area contributed by atoms with Crippen LogP contribution >= 0.6 is 11.8 Å². The van der Waals surface area contributed by atoms with Crippen LogP contribution in [0.2, 0.25) is 0 Å². The Balaban J connectivity index is 1.98. The standard InChI is InChI=1S/C19H22F2N2O3S/c1-5-23-11(2)10-16(12(23)3)18(25)26-13(4)17(24)22-14-6-8-15(9-7-14)27-19(20)21/h6-10,13,19H,5H2,1-4H3,(H,22,24)/t13-/m1/s1. The van der Waals surface area contributed by atoms with E-state index in [4.69, 9.17) is 4.74 Å². The van der Waals surface area contributed by atoms with Crippen LogP contribution in [0.5, 0.6) is 0 Å². The van der Waals surface area contributed by atoms with E-state index >= 15 is 0 Å². The van der Waals surface area contributed by atoms with Crippen LogP contribution in [0.3, 0.4) is 0 Å². The molecule has 146 valence electrons. The zero-order chi connectivity index (χ0) is 20.1. The summed E-state index contributed by atoms with van der Waals surface area (Å²) in [4.78, 5) is 25.0. The largest absolute Gasteiger partial charge is 0.449 e. The maximum atomic E-state index is 12.4. The molecule has 1 aromatic heterocycles. The van der Waals surface area contributed by atoms with Crippen LogP contribution in [0.25, 0.3) is 0 Å². The molecule has 1 N–H and O–H groups in total. The summed E-state index contributed by atoms with van der Waals surface area (Å²) in [5.41, 5.74) is 2.61. The van der Waals surface area contributed by atoms with Crippen LogP contribution < -0.4 is 5.32 Å². The number of ether oxygens (including phenoxy) is 1. The average molecular weight is 396 g/mol. The summed E-state index contributed by atoms with van der Waals surface area (Å²) >= 11 is 0.427. The van der Waals surface area contributed by atoms with Gasteiger partial charge in [0, 0.05) is 28.5 Å². The Morgan fingerprint density at radius 3 is 2.37 bits per heavy atom. The molecule has 0 saturated carbocycles. The lowest BCUT2D eigenvalue weighted by molar-refractivity contribution is -0.123. The number of rotatable bonds is 7. The van der Waals surface area contributed by atoms with Gasteiger partial charge in [0.1, 0.15) is 0 Å². The molecule has 0 aliphatic rings. The van der Waals surface area contributed by atoms with Crippen molar-refractivity contribution in [2.75, 3.05) is 5.32 Å². The number of aromatic nitrogens is 1. The minimum Gasteiger partial charge on any atom is -0.449 e. The van der Waals surface area contributed by atoms with E-state index in [0.717, 1.165) is 17.9 Å². The summed E-state index contributed by atoms with van der Waals surface area (Å²) in [6, 6.07) is 7.76. The highest BCUT2D eigenvalue weighted by Gasteiger charge is 2.22. The first kappa shape index (κ1) is 21.0. The van der Waals surface area contributed by atoms with Crippen molar-refractivity contribution in [1.29, 1.82) is 0 Å². The number of amides is 1. The third kappa shape index (κ3) is 5.32. The highest BCUT2D eigenvalue weighted by molar-refractivity contribution is 7.99. The third-order valence-electron chi connectivity index (χ3n) is 4.11. The van der Waals surface area contributed by atoms with Gasteiger partial charge in [-0.25, -0.2) is 4.79 Å². The van der Waals surface area contributed by atoms with E-state index in [1.54, 1.807) is 6.07 Å². The molecule has 2 aromatic rings. The Labute approximate surface area is 161 Å². The van der Waals surface area contributed by atoms with E-state index in [1.165, 1.54) is 31.2 Å². The molecule has 0 aliphatic carbocycles. The molecule has 0 bridgehead atoms. The predicted octanol–water partition coefficient (Wildman–Crippen LogP) is 4.62. The number of carbonyl (C=O) groups excluding carboxylic acids is 2. The summed E-state index contributed by atoms with van der Waals surface area (Å²) < 4.78 is 31.9. The number of anilines is 1. The molecule has 0 unspecified atom stereocenters. The molecule has 5 nitrogen and oxygen atoms in total. The normalized spacial score (nSPS) is 12.1. The first-order valence-corrected chi connectivity index (χ1v) is 9.34. The number of thioether (sulfide) groups is 1. The minimum absolute atomic E-state index is 0.397. The van der Waals surface area contributed by atoms with E-state index in [2.05, 4.69) is 5.32 Å². The van der Waals surface area contributed by atoms with Gasteiger partial charge in [-0.3, -0.25) is 4.79 Å². The number of benzene rings is 1. The lowest BCUT2D eigenvalue weighted by atomic mass is 10.2. The summed E-state index contributed by atoms with van der Waals surface area (Å²) in [6.45, 7) is 7.93. The second kappa shape index (κ2) is 9.03. The molecule has 0 radical (unpaired) electrons. The van der Waals surface area contributed by atoms with Crippen LogP contribution in [0.4, 0.5) is 14.5 Å². The van der Waals surface area contributed by atoms with Crippen molar-refractivity contribution < 1.29 is 23.1 Å². The predicted molar refractivity (Wildman–Crippen MR) is 101 cm³/mol. The molecular formula is C19H22F2N2O3S. The number of hydrogen-bond donors (Lipinski definition) is 1. The summed E-state index contributed by atoms with van der Waals surface area (Å²) in [6.07, 6.45) is -1.00. The molecule has 8 heteroatoms. The Morgan fingerprint density at radius 1 is 1.22 bits per heavy atom. The maximum absolute atomic E-state index is 12.4. The molecule has 27 heavy (non-hydrogen) atoms. The molecule has 0 spiro atoms. The van der Waals surface area contributed by atoms with Crippen molar-refractivity contribution in [3.63, 3.8) is 0 Å². The lowest BCUT2D eigenvalue weighted by Crippen LogP contribution is -2.30. The Hall–Kier alpha value is -2.35. The first-order chi connectivity index (χ1) is 12.7. The van der Waals surface area contributed by atoms with Crippen molar-refractivity contribution in [2.24, 2.45) is 0 Å². The Kier molecular flexibility index (Phi) is 7.01. The SMILES string of the molecule is CCn1c(C)cc(C(=O)O[C@H](C)C(=O)Nc2ccc(SC(F)F)cc2)c1C. The minimum atomic E-state index is -2.50. The van der Waals surface area contributed by atoms with Crippen molar-refractivity contribution >= 4 is 29.3 Å². The summed E-state index contributed by atoms with van der Waals surface area (Å²) in [5.74, 6) is -3.56. The van der Waals surface area contributed by atoms with Gasteiger partial charge in [0.15, 0.2) is 6.10 Å². The topological polar surface area (TPSA) is 60.3 Å². The maximum Gasteiger partial charge on any atom is 0.340 e. The Bertz CT molecular complexity index is 819. The fraction of sp³-hybridized carbons (Fsp3) is 0.368. The number of halogens is 2. The van der Waals surface area contributed by atoms with Gasteiger partial charge in [0.25, 0.3) is 11.7 Å². The van der Waals surface area contributed by atoms with E-state index in [1.807, 2.05) is 25.3 Å². The summed E-state index contributed by atoms with van der Waals surface area (Å²) in [5, 5.41) is 2.60. The van der Waals surface area contributed by atoms with E-state index in [9.17, 15) is 18.4 Å². The van der Waals surface area contributed by atoms with Gasteiger partial charge >= 0.3 is 5.97 Å². The zero-order valence-electron chi connectivity index (χ0n) is 15.6. The average Bonchev–Trinajstić information content (AvgIpc) is 2.89. The number of aryl methyl sites for hydroxylation is 1. The van der Waals surface area contributed by atoms with E-state index < -0.39 is 23.7 Å². The van der Waals surface area contributed by atoms with Crippen LogP contribution in [0.1, 0.15) is 35.6 Å². The smallest absolute Gasteiger partial charge is 0.340 e. The molecule has 0 aliphatic heterocycles. The van der Waals surface area contributed by atoms with Crippen LogP contribution in [0, 0.1) is 13.8 Å². The van der Waals surface area contributed by atoms with Gasteiger partial charge in [0.2, 0.25) is 0 Å².